The molecule has 10 heteroatoms. The van der Waals surface area contributed by atoms with Crippen LogP contribution in [0.1, 0.15) is 35.4 Å². The van der Waals surface area contributed by atoms with Gasteiger partial charge in [-0.2, -0.15) is 0 Å². The number of methoxy groups -OCH3 is 1. The summed E-state index contributed by atoms with van der Waals surface area (Å²) in [6, 6.07) is 10.3. The molecule has 0 saturated carbocycles. The Morgan fingerprint density at radius 2 is 1.85 bits per heavy atom. The van der Waals surface area contributed by atoms with Crippen LogP contribution in [0.2, 0.25) is 0 Å². The number of hydrogen-bond acceptors (Lipinski definition) is 7. The second-order valence-electron chi connectivity index (χ2n) is 7.83. The van der Waals surface area contributed by atoms with E-state index in [2.05, 4.69) is 15.6 Å². The molecule has 2 N–H and O–H groups in total. The van der Waals surface area contributed by atoms with E-state index in [4.69, 9.17) is 9.47 Å². The van der Waals surface area contributed by atoms with Crippen LogP contribution in [0.5, 0.6) is 5.75 Å². The first-order valence-corrected chi connectivity index (χ1v) is 10.9. The van der Waals surface area contributed by atoms with Gasteiger partial charge in [0.15, 0.2) is 6.61 Å². The molecular formula is C24H24N4O6. The third-order valence-electron chi connectivity index (χ3n) is 5.49. The highest BCUT2D eigenvalue weighted by atomic mass is 16.5. The van der Waals surface area contributed by atoms with Crippen molar-refractivity contribution in [2.45, 2.75) is 32.2 Å². The lowest BCUT2D eigenvalue weighted by Gasteiger charge is -2.11. The van der Waals surface area contributed by atoms with Gasteiger partial charge >= 0.3 is 12.0 Å². The number of anilines is 1. The van der Waals surface area contributed by atoms with Crippen LogP contribution in [-0.2, 0) is 22.5 Å². The van der Waals surface area contributed by atoms with E-state index in [0.717, 1.165) is 19.3 Å². The number of aryl methyl sites for hydroxylation is 1. The predicted octanol–water partition coefficient (Wildman–Crippen LogP) is 2.64. The van der Waals surface area contributed by atoms with Crippen molar-refractivity contribution in [1.82, 2.24) is 14.9 Å². The largest absolute Gasteiger partial charge is 0.497 e. The van der Waals surface area contributed by atoms with Crippen LogP contribution in [0.3, 0.4) is 0 Å². The van der Waals surface area contributed by atoms with Gasteiger partial charge in [0.05, 0.1) is 23.6 Å². The topological polar surface area (TPSA) is 129 Å². The molecule has 2 aromatic carbocycles. The Bertz CT molecular complexity index is 1300. The van der Waals surface area contributed by atoms with Crippen molar-refractivity contribution < 1.29 is 23.9 Å². The van der Waals surface area contributed by atoms with Crippen LogP contribution in [0.25, 0.3) is 10.9 Å². The third-order valence-corrected chi connectivity index (χ3v) is 5.49. The molecule has 0 bridgehead atoms. The van der Waals surface area contributed by atoms with E-state index in [1.807, 2.05) is 0 Å². The summed E-state index contributed by atoms with van der Waals surface area (Å²) in [7, 11) is 1.53. The minimum Gasteiger partial charge on any atom is -0.497 e. The Morgan fingerprint density at radius 3 is 2.62 bits per heavy atom. The molecule has 3 amide bonds. The van der Waals surface area contributed by atoms with E-state index < -0.39 is 24.5 Å². The molecule has 0 atom stereocenters. The maximum absolute atomic E-state index is 12.8. The first-order valence-electron chi connectivity index (χ1n) is 10.9. The van der Waals surface area contributed by atoms with E-state index >= 15 is 0 Å². The first kappa shape index (κ1) is 23.0. The number of amides is 3. The van der Waals surface area contributed by atoms with Gasteiger partial charge in [-0.3, -0.25) is 19.5 Å². The maximum Gasteiger partial charge on any atom is 0.338 e. The van der Waals surface area contributed by atoms with Gasteiger partial charge in [0.2, 0.25) is 0 Å². The van der Waals surface area contributed by atoms with E-state index in [1.54, 1.807) is 34.9 Å². The number of benzene rings is 2. The molecule has 34 heavy (non-hydrogen) atoms. The van der Waals surface area contributed by atoms with Crippen molar-refractivity contribution in [2.75, 3.05) is 19.0 Å². The SMILES string of the molecule is COc1ccc(NC(=O)NC(=O)COC(=O)c2ccc3c(=O)n4c(nc3c2)CCCCC4)cc1. The Kier molecular flexibility index (Phi) is 6.86. The fourth-order valence-corrected chi connectivity index (χ4v) is 3.76. The summed E-state index contributed by atoms with van der Waals surface area (Å²) >= 11 is 0. The molecule has 1 aliphatic rings. The predicted molar refractivity (Wildman–Crippen MR) is 124 cm³/mol. The molecular weight excluding hydrogens is 440 g/mol. The Morgan fingerprint density at radius 1 is 1.06 bits per heavy atom. The number of carbonyl (C=O) groups is 3. The lowest BCUT2D eigenvalue weighted by atomic mass is 10.1. The number of ether oxygens (including phenoxy) is 2. The average molecular weight is 464 g/mol. The van der Waals surface area contributed by atoms with Gasteiger partial charge in [-0.1, -0.05) is 6.42 Å². The number of rotatable bonds is 5. The number of hydrogen-bond donors (Lipinski definition) is 2. The molecule has 0 spiro atoms. The van der Waals surface area contributed by atoms with Crippen LogP contribution in [-0.4, -0.2) is 41.2 Å². The number of nitrogens with zero attached hydrogens (tertiary/aromatic N) is 2. The lowest BCUT2D eigenvalue weighted by Crippen LogP contribution is -2.37. The fraction of sp³-hybridized carbons (Fsp3) is 0.292. The highest BCUT2D eigenvalue weighted by molar-refractivity contribution is 6.02. The van der Waals surface area contributed by atoms with E-state index in [-0.39, 0.29) is 11.1 Å². The van der Waals surface area contributed by atoms with Crippen molar-refractivity contribution in [1.29, 1.82) is 0 Å². The molecule has 10 nitrogen and oxygen atoms in total. The third kappa shape index (κ3) is 5.22. The second-order valence-corrected chi connectivity index (χ2v) is 7.83. The van der Waals surface area contributed by atoms with Crippen molar-refractivity contribution in [2.24, 2.45) is 0 Å². The van der Waals surface area contributed by atoms with E-state index in [0.29, 0.717) is 41.1 Å². The first-order chi connectivity index (χ1) is 16.4. The Hall–Kier alpha value is -4.21. The van der Waals surface area contributed by atoms with Crippen LogP contribution < -0.4 is 20.9 Å². The number of carbonyl (C=O) groups excluding carboxylic acids is 3. The van der Waals surface area contributed by atoms with Gasteiger partial charge in [0.1, 0.15) is 11.6 Å². The fourth-order valence-electron chi connectivity index (χ4n) is 3.76. The van der Waals surface area contributed by atoms with E-state index in [1.165, 1.54) is 19.2 Å². The number of aromatic nitrogens is 2. The lowest BCUT2D eigenvalue weighted by molar-refractivity contribution is -0.123. The molecule has 1 aromatic heterocycles. The highest BCUT2D eigenvalue weighted by Crippen LogP contribution is 2.17. The molecule has 176 valence electrons. The Labute approximate surface area is 194 Å². The molecule has 1 aliphatic heterocycles. The zero-order valence-electron chi connectivity index (χ0n) is 18.6. The molecule has 0 aliphatic carbocycles. The van der Waals surface area contributed by atoms with E-state index in [9.17, 15) is 19.2 Å². The summed E-state index contributed by atoms with van der Waals surface area (Å²) in [5.41, 5.74) is 0.911. The summed E-state index contributed by atoms with van der Waals surface area (Å²) in [5, 5.41) is 5.00. The van der Waals surface area contributed by atoms with Gasteiger partial charge in [0, 0.05) is 18.7 Å². The van der Waals surface area contributed by atoms with Crippen LogP contribution in [0.4, 0.5) is 10.5 Å². The van der Waals surface area contributed by atoms with Gasteiger partial charge < -0.3 is 14.8 Å². The summed E-state index contributed by atoms with van der Waals surface area (Å²) in [5.74, 6) is -0.215. The standard InChI is InChI=1S/C24H24N4O6/c1-33-17-9-7-16(8-10-17)25-24(32)27-21(29)14-34-23(31)15-6-11-18-19(13-15)26-20-5-3-2-4-12-28(20)22(18)30/h6-11,13H,2-5,12,14H2,1H3,(H2,25,27,29,32). The zero-order chi connectivity index (χ0) is 24.1. The summed E-state index contributed by atoms with van der Waals surface area (Å²) in [6.07, 6.45) is 3.64. The minimum atomic E-state index is -0.790. The molecule has 4 rings (SSSR count). The average Bonchev–Trinajstić information content (AvgIpc) is 3.08. The molecule has 0 unspecified atom stereocenters. The summed E-state index contributed by atoms with van der Waals surface area (Å²) in [6.45, 7) is -0.00473. The van der Waals surface area contributed by atoms with Gasteiger partial charge in [-0.25, -0.2) is 14.6 Å². The molecule has 0 radical (unpaired) electrons. The van der Waals surface area contributed by atoms with Crippen molar-refractivity contribution in [3.63, 3.8) is 0 Å². The molecule has 0 fully saturated rings. The van der Waals surface area contributed by atoms with Crippen molar-refractivity contribution in [3.8, 4) is 5.75 Å². The van der Waals surface area contributed by atoms with Crippen LogP contribution in [0.15, 0.2) is 47.3 Å². The molecule has 3 aromatic rings. The van der Waals surface area contributed by atoms with Crippen molar-refractivity contribution >= 4 is 34.5 Å². The maximum atomic E-state index is 12.8. The van der Waals surface area contributed by atoms with Crippen LogP contribution >= 0.6 is 0 Å². The monoisotopic (exact) mass is 464 g/mol. The van der Waals surface area contributed by atoms with Gasteiger partial charge in [-0.05, 0) is 55.3 Å². The summed E-state index contributed by atoms with van der Waals surface area (Å²) < 4.78 is 11.8. The zero-order valence-corrected chi connectivity index (χ0v) is 18.6. The number of urea groups is 1. The number of esters is 1. The second kappa shape index (κ2) is 10.2. The smallest absolute Gasteiger partial charge is 0.338 e. The van der Waals surface area contributed by atoms with Crippen molar-refractivity contribution in [3.05, 3.63) is 64.2 Å². The van der Waals surface area contributed by atoms with Gasteiger partial charge in [-0.15, -0.1) is 0 Å². The highest BCUT2D eigenvalue weighted by Gasteiger charge is 2.17. The normalized spacial score (nSPS) is 12.9. The number of nitrogens with one attached hydrogen (secondary N) is 2. The minimum absolute atomic E-state index is 0.121. The molecule has 2 heterocycles. The molecule has 0 saturated heterocycles. The quantitative estimate of drug-likeness (QED) is 0.556. The van der Waals surface area contributed by atoms with Crippen LogP contribution in [0, 0.1) is 0 Å². The number of fused-ring (bicyclic) bond motifs is 2. The number of imide groups is 1. The Balaban J connectivity index is 1.36. The van der Waals surface area contributed by atoms with Gasteiger partial charge in [0.25, 0.3) is 11.5 Å². The summed E-state index contributed by atoms with van der Waals surface area (Å²) in [4.78, 5) is 53.8.